The van der Waals surface area contributed by atoms with E-state index in [2.05, 4.69) is 5.32 Å². The van der Waals surface area contributed by atoms with Gasteiger partial charge in [0.15, 0.2) is 0 Å². The molecule has 7 heteroatoms. The van der Waals surface area contributed by atoms with Crippen molar-refractivity contribution in [1.82, 2.24) is 5.32 Å². The molecule has 20 heavy (non-hydrogen) atoms. The topological polar surface area (TPSA) is 102 Å². The number of hydrogen-bond donors (Lipinski definition) is 2. The molecule has 7 nitrogen and oxygen atoms in total. The molecule has 0 aromatic rings. The van der Waals surface area contributed by atoms with Gasteiger partial charge in [0.05, 0.1) is 0 Å². The van der Waals surface area contributed by atoms with Crippen LogP contribution in [0.2, 0.25) is 0 Å². The lowest BCUT2D eigenvalue weighted by molar-refractivity contribution is -0.154. The third kappa shape index (κ3) is 6.01. The maximum atomic E-state index is 11.5. The number of rotatable bonds is 8. The SMILES string of the molecule is CCCCC(=O)OCC(O)COC(=O)[C@@H]1CCC(=O)N1. The molecule has 2 N–H and O–H groups in total. The van der Waals surface area contributed by atoms with Crippen LogP contribution < -0.4 is 5.32 Å². The van der Waals surface area contributed by atoms with Crippen LogP contribution in [0.3, 0.4) is 0 Å². The zero-order valence-electron chi connectivity index (χ0n) is 11.6. The van der Waals surface area contributed by atoms with Crippen LogP contribution in [-0.4, -0.2) is 48.3 Å². The van der Waals surface area contributed by atoms with Gasteiger partial charge in [-0.1, -0.05) is 13.3 Å². The second-order valence-electron chi connectivity index (χ2n) is 4.73. The van der Waals surface area contributed by atoms with Crippen LogP contribution in [0.15, 0.2) is 0 Å². The number of nitrogens with one attached hydrogen (secondary N) is 1. The van der Waals surface area contributed by atoms with Gasteiger partial charge in [-0.25, -0.2) is 4.79 Å². The average molecular weight is 287 g/mol. The maximum absolute atomic E-state index is 11.5. The number of aliphatic hydroxyl groups is 1. The van der Waals surface area contributed by atoms with Crippen LogP contribution in [0.5, 0.6) is 0 Å². The summed E-state index contributed by atoms with van der Waals surface area (Å²) >= 11 is 0. The molecule has 0 bridgehead atoms. The predicted octanol–water partition coefficient (Wildman–Crippen LogP) is -0.0975. The first kappa shape index (κ1) is 16.4. The number of carbonyl (C=O) groups is 3. The van der Waals surface area contributed by atoms with E-state index >= 15 is 0 Å². The lowest BCUT2D eigenvalue weighted by atomic mass is 10.2. The minimum absolute atomic E-state index is 0.183. The van der Waals surface area contributed by atoms with E-state index in [1.807, 2.05) is 6.92 Å². The molecule has 1 aliphatic heterocycles. The van der Waals surface area contributed by atoms with Gasteiger partial charge in [0, 0.05) is 12.8 Å². The van der Waals surface area contributed by atoms with Gasteiger partial charge >= 0.3 is 11.9 Å². The molecule has 0 aromatic carbocycles. The van der Waals surface area contributed by atoms with Crippen LogP contribution in [0, 0.1) is 0 Å². The number of ether oxygens (including phenoxy) is 2. The summed E-state index contributed by atoms with van der Waals surface area (Å²) in [7, 11) is 0. The second-order valence-corrected chi connectivity index (χ2v) is 4.73. The summed E-state index contributed by atoms with van der Waals surface area (Å²) in [5.41, 5.74) is 0. The molecular weight excluding hydrogens is 266 g/mol. The van der Waals surface area contributed by atoms with Gasteiger partial charge in [0.2, 0.25) is 5.91 Å². The number of carbonyl (C=O) groups excluding carboxylic acids is 3. The quantitative estimate of drug-likeness (QED) is 0.605. The Hall–Kier alpha value is -1.63. The van der Waals surface area contributed by atoms with Crippen LogP contribution >= 0.6 is 0 Å². The first-order valence-corrected chi connectivity index (χ1v) is 6.82. The Morgan fingerprint density at radius 3 is 2.70 bits per heavy atom. The molecule has 2 atom stereocenters. The largest absolute Gasteiger partial charge is 0.463 e. The standard InChI is InChI=1S/C13H21NO6/c1-2-3-4-12(17)19-7-9(15)8-20-13(18)10-5-6-11(16)14-10/h9-10,15H,2-8H2,1H3,(H,14,16)/t9?,10-/m0/s1. The number of unbranched alkanes of at least 4 members (excludes halogenated alkanes) is 1. The highest BCUT2D eigenvalue weighted by atomic mass is 16.6. The Morgan fingerprint density at radius 2 is 2.10 bits per heavy atom. The minimum atomic E-state index is -1.05. The molecule has 0 radical (unpaired) electrons. The van der Waals surface area contributed by atoms with E-state index in [1.54, 1.807) is 0 Å². The number of esters is 2. The van der Waals surface area contributed by atoms with Crippen LogP contribution in [-0.2, 0) is 23.9 Å². The van der Waals surface area contributed by atoms with Gasteiger partial charge in [0.1, 0.15) is 25.4 Å². The van der Waals surface area contributed by atoms with Crippen molar-refractivity contribution in [2.75, 3.05) is 13.2 Å². The fraction of sp³-hybridized carbons (Fsp3) is 0.769. The fourth-order valence-corrected chi connectivity index (χ4v) is 1.70. The summed E-state index contributed by atoms with van der Waals surface area (Å²) in [5, 5.41) is 12.0. The monoisotopic (exact) mass is 287 g/mol. The molecule has 114 valence electrons. The van der Waals surface area contributed by atoms with Crippen molar-refractivity contribution < 1.29 is 29.0 Å². The average Bonchev–Trinajstić information content (AvgIpc) is 2.86. The smallest absolute Gasteiger partial charge is 0.328 e. The molecule has 1 heterocycles. The Bertz CT molecular complexity index is 357. The molecule has 0 aromatic heterocycles. The lowest BCUT2D eigenvalue weighted by Gasteiger charge is -2.14. The van der Waals surface area contributed by atoms with Gasteiger partial charge in [-0.05, 0) is 12.8 Å². The van der Waals surface area contributed by atoms with E-state index in [-0.39, 0.29) is 25.1 Å². The summed E-state index contributed by atoms with van der Waals surface area (Å²) in [6, 6.07) is -0.637. The Balaban J connectivity index is 2.13. The third-order valence-electron chi connectivity index (χ3n) is 2.87. The Morgan fingerprint density at radius 1 is 1.40 bits per heavy atom. The Kier molecular flexibility index (Phi) is 7.00. The molecular formula is C13H21NO6. The van der Waals surface area contributed by atoms with Gasteiger partial charge in [0.25, 0.3) is 0 Å². The zero-order chi connectivity index (χ0) is 15.0. The highest BCUT2D eigenvalue weighted by molar-refractivity contribution is 5.88. The van der Waals surface area contributed by atoms with E-state index in [1.165, 1.54) is 0 Å². The van der Waals surface area contributed by atoms with Crippen molar-refractivity contribution in [3.63, 3.8) is 0 Å². The number of aliphatic hydroxyl groups excluding tert-OH is 1. The van der Waals surface area contributed by atoms with Crippen molar-refractivity contribution in [3.05, 3.63) is 0 Å². The summed E-state index contributed by atoms with van der Waals surface area (Å²) in [6.45, 7) is 1.50. The molecule has 1 fully saturated rings. The second kappa shape index (κ2) is 8.52. The first-order chi connectivity index (χ1) is 9.52. The van der Waals surface area contributed by atoms with Crippen LogP contribution in [0.25, 0.3) is 0 Å². The molecule has 1 amide bonds. The van der Waals surface area contributed by atoms with Crippen molar-refractivity contribution in [3.8, 4) is 0 Å². The summed E-state index contributed by atoms with van der Waals surface area (Å²) in [5.74, 6) is -1.13. The van der Waals surface area contributed by atoms with E-state index in [4.69, 9.17) is 9.47 Å². The predicted molar refractivity (Wildman–Crippen MR) is 68.6 cm³/mol. The van der Waals surface area contributed by atoms with Crippen LogP contribution in [0.4, 0.5) is 0 Å². The lowest BCUT2D eigenvalue weighted by Crippen LogP contribution is -2.36. The molecule has 0 spiro atoms. The van der Waals surface area contributed by atoms with E-state index in [9.17, 15) is 19.5 Å². The number of hydrogen-bond acceptors (Lipinski definition) is 6. The minimum Gasteiger partial charge on any atom is -0.463 e. The normalized spacial score (nSPS) is 19.3. The van der Waals surface area contributed by atoms with Crippen LogP contribution in [0.1, 0.15) is 39.0 Å². The highest BCUT2D eigenvalue weighted by Gasteiger charge is 2.28. The molecule has 1 unspecified atom stereocenters. The maximum Gasteiger partial charge on any atom is 0.328 e. The molecule has 0 aliphatic carbocycles. The Labute approximate surface area is 117 Å². The summed E-state index contributed by atoms with van der Waals surface area (Å²) in [6.07, 6.45) is 1.60. The van der Waals surface area contributed by atoms with Gasteiger partial charge < -0.3 is 19.9 Å². The van der Waals surface area contributed by atoms with E-state index in [0.717, 1.165) is 12.8 Å². The first-order valence-electron chi connectivity index (χ1n) is 6.82. The summed E-state index contributed by atoms with van der Waals surface area (Å²) < 4.78 is 9.69. The van der Waals surface area contributed by atoms with E-state index in [0.29, 0.717) is 19.3 Å². The van der Waals surface area contributed by atoms with Gasteiger partial charge in [-0.2, -0.15) is 0 Å². The van der Waals surface area contributed by atoms with Gasteiger partial charge in [-0.3, -0.25) is 9.59 Å². The molecule has 1 aliphatic rings. The van der Waals surface area contributed by atoms with Crippen molar-refractivity contribution in [2.24, 2.45) is 0 Å². The fourth-order valence-electron chi connectivity index (χ4n) is 1.70. The zero-order valence-corrected chi connectivity index (χ0v) is 11.6. The van der Waals surface area contributed by atoms with Crippen molar-refractivity contribution in [2.45, 2.75) is 51.2 Å². The molecule has 0 saturated carbocycles. The number of amides is 1. The highest BCUT2D eigenvalue weighted by Crippen LogP contribution is 2.08. The molecule has 1 saturated heterocycles. The van der Waals surface area contributed by atoms with Crippen molar-refractivity contribution >= 4 is 17.8 Å². The third-order valence-corrected chi connectivity index (χ3v) is 2.87. The van der Waals surface area contributed by atoms with E-state index < -0.39 is 18.1 Å². The van der Waals surface area contributed by atoms with Gasteiger partial charge in [-0.15, -0.1) is 0 Å². The van der Waals surface area contributed by atoms with Crippen molar-refractivity contribution in [1.29, 1.82) is 0 Å². The summed E-state index contributed by atoms with van der Waals surface area (Å²) in [4.78, 5) is 33.7. The molecule has 1 rings (SSSR count).